The minimum absolute atomic E-state index is 0.286. The molecule has 1 aromatic rings. The Morgan fingerprint density at radius 1 is 1.50 bits per heavy atom. The van der Waals surface area contributed by atoms with Crippen LogP contribution in [0.1, 0.15) is 13.3 Å². The Labute approximate surface area is 101 Å². The number of benzene rings is 1. The number of nitrogens with two attached hydrogens (primary N) is 1. The summed E-state index contributed by atoms with van der Waals surface area (Å²) in [5, 5.41) is 0. The standard InChI is InChI=1S/C12H19FN2S/c1-9(6-7-16-3)15(2)12-5-4-10(13)8-11(12)14/h4-5,8-9H,6-7,14H2,1-3H3. The van der Waals surface area contributed by atoms with Crippen LogP contribution < -0.4 is 10.6 Å². The molecule has 1 unspecified atom stereocenters. The predicted octanol–water partition coefficient (Wildman–Crippen LogP) is 2.99. The molecule has 2 N–H and O–H groups in total. The highest BCUT2D eigenvalue weighted by Crippen LogP contribution is 2.25. The molecule has 0 bridgehead atoms. The fourth-order valence-corrected chi connectivity index (χ4v) is 2.14. The summed E-state index contributed by atoms with van der Waals surface area (Å²) >= 11 is 1.83. The molecule has 0 aromatic heterocycles. The molecule has 0 fully saturated rings. The van der Waals surface area contributed by atoms with Crippen molar-refractivity contribution in [3.05, 3.63) is 24.0 Å². The molecule has 16 heavy (non-hydrogen) atoms. The van der Waals surface area contributed by atoms with Gasteiger partial charge in [0.05, 0.1) is 11.4 Å². The lowest BCUT2D eigenvalue weighted by Gasteiger charge is -2.28. The Balaban J connectivity index is 2.75. The molecule has 2 nitrogen and oxygen atoms in total. The Hall–Kier alpha value is -0.900. The number of rotatable bonds is 5. The van der Waals surface area contributed by atoms with E-state index in [4.69, 9.17) is 5.73 Å². The van der Waals surface area contributed by atoms with Gasteiger partial charge in [0.1, 0.15) is 5.82 Å². The smallest absolute Gasteiger partial charge is 0.125 e. The van der Waals surface area contributed by atoms with Crippen LogP contribution in [0, 0.1) is 5.82 Å². The van der Waals surface area contributed by atoms with Gasteiger partial charge in [-0.15, -0.1) is 0 Å². The van der Waals surface area contributed by atoms with E-state index in [9.17, 15) is 4.39 Å². The lowest BCUT2D eigenvalue weighted by Crippen LogP contribution is -2.29. The average molecular weight is 242 g/mol. The molecule has 4 heteroatoms. The lowest BCUT2D eigenvalue weighted by molar-refractivity contribution is 0.626. The van der Waals surface area contributed by atoms with E-state index in [2.05, 4.69) is 18.1 Å². The highest BCUT2D eigenvalue weighted by atomic mass is 32.2. The third-order valence-corrected chi connectivity index (χ3v) is 3.41. The van der Waals surface area contributed by atoms with Gasteiger partial charge in [-0.1, -0.05) is 0 Å². The van der Waals surface area contributed by atoms with Gasteiger partial charge >= 0.3 is 0 Å². The van der Waals surface area contributed by atoms with Gasteiger partial charge in [0.2, 0.25) is 0 Å². The molecule has 0 heterocycles. The van der Waals surface area contributed by atoms with Crippen LogP contribution in [0.4, 0.5) is 15.8 Å². The van der Waals surface area contributed by atoms with Gasteiger partial charge in [-0.25, -0.2) is 4.39 Å². The quantitative estimate of drug-likeness (QED) is 0.805. The van der Waals surface area contributed by atoms with Crippen LogP contribution in [-0.4, -0.2) is 25.1 Å². The second-order valence-corrected chi connectivity index (χ2v) is 4.93. The van der Waals surface area contributed by atoms with E-state index in [1.807, 2.05) is 18.8 Å². The van der Waals surface area contributed by atoms with Crippen molar-refractivity contribution in [3.8, 4) is 0 Å². The zero-order valence-electron chi connectivity index (χ0n) is 10.0. The van der Waals surface area contributed by atoms with Gasteiger partial charge in [-0.2, -0.15) is 11.8 Å². The van der Waals surface area contributed by atoms with Crippen molar-refractivity contribution < 1.29 is 4.39 Å². The van der Waals surface area contributed by atoms with Crippen LogP contribution in [0.25, 0.3) is 0 Å². The third-order valence-electron chi connectivity index (χ3n) is 2.77. The van der Waals surface area contributed by atoms with E-state index in [0.29, 0.717) is 11.7 Å². The Morgan fingerprint density at radius 3 is 2.75 bits per heavy atom. The van der Waals surface area contributed by atoms with Crippen molar-refractivity contribution in [1.82, 2.24) is 0 Å². The van der Waals surface area contributed by atoms with Gasteiger partial charge in [-0.05, 0) is 43.6 Å². The van der Waals surface area contributed by atoms with Gasteiger partial charge in [0.15, 0.2) is 0 Å². The first kappa shape index (κ1) is 13.2. The van der Waals surface area contributed by atoms with Gasteiger partial charge in [0, 0.05) is 13.1 Å². The maximum absolute atomic E-state index is 12.9. The Morgan fingerprint density at radius 2 is 2.19 bits per heavy atom. The highest BCUT2D eigenvalue weighted by molar-refractivity contribution is 7.98. The number of hydrogen-bond donors (Lipinski definition) is 1. The molecular weight excluding hydrogens is 223 g/mol. The van der Waals surface area contributed by atoms with Crippen molar-refractivity contribution in [1.29, 1.82) is 0 Å². The number of nitrogens with zero attached hydrogens (tertiary/aromatic N) is 1. The van der Waals surface area contributed by atoms with E-state index >= 15 is 0 Å². The van der Waals surface area contributed by atoms with Crippen molar-refractivity contribution in [2.75, 3.05) is 29.7 Å². The Bertz CT molecular complexity index is 344. The summed E-state index contributed by atoms with van der Waals surface area (Å²) in [5.74, 6) is 0.832. The predicted molar refractivity (Wildman–Crippen MR) is 71.7 cm³/mol. The summed E-state index contributed by atoms with van der Waals surface area (Å²) in [4.78, 5) is 2.10. The molecule has 1 aromatic carbocycles. The fourth-order valence-electron chi connectivity index (χ4n) is 1.57. The summed E-state index contributed by atoms with van der Waals surface area (Å²) in [7, 11) is 1.99. The molecule has 0 radical (unpaired) electrons. The molecule has 0 aliphatic heterocycles. The summed E-state index contributed by atoms with van der Waals surface area (Å²) in [5.41, 5.74) is 7.20. The first-order valence-electron chi connectivity index (χ1n) is 5.33. The molecule has 0 saturated carbocycles. The third kappa shape index (κ3) is 3.30. The topological polar surface area (TPSA) is 29.3 Å². The molecular formula is C12H19FN2S. The van der Waals surface area contributed by atoms with Crippen LogP contribution in [0.15, 0.2) is 18.2 Å². The van der Waals surface area contributed by atoms with Crippen molar-refractivity contribution in [3.63, 3.8) is 0 Å². The molecule has 0 aliphatic carbocycles. The van der Waals surface area contributed by atoms with Crippen molar-refractivity contribution in [2.45, 2.75) is 19.4 Å². The zero-order chi connectivity index (χ0) is 12.1. The summed E-state index contributed by atoms with van der Waals surface area (Å²) in [6.07, 6.45) is 3.19. The molecule has 1 atom stereocenters. The molecule has 0 aliphatic rings. The lowest BCUT2D eigenvalue weighted by atomic mass is 10.2. The number of thioether (sulfide) groups is 1. The zero-order valence-corrected chi connectivity index (χ0v) is 10.9. The fraction of sp³-hybridized carbons (Fsp3) is 0.500. The molecule has 0 saturated heterocycles. The van der Waals surface area contributed by atoms with Crippen LogP contribution in [0.5, 0.6) is 0 Å². The summed E-state index contributed by atoms with van der Waals surface area (Å²) in [6.45, 7) is 2.15. The number of halogens is 1. The SMILES string of the molecule is CSCCC(C)N(C)c1ccc(F)cc1N. The van der Waals surface area contributed by atoms with Gasteiger partial charge < -0.3 is 10.6 Å². The molecule has 0 spiro atoms. The first-order chi connectivity index (χ1) is 7.56. The highest BCUT2D eigenvalue weighted by Gasteiger charge is 2.12. The van der Waals surface area contributed by atoms with E-state index in [-0.39, 0.29) is 5.82 Å². The number of hydrogen-bond acceptors (Lipinski definition) is 3. The molecule has 1 rings (SSSR count). The monoisotopic (exact) mass is 242 g/mol. The van der Waals surface area contributed by atoms with E-state index in [0.717, 1.165) is 17.9 Å². The van der Waals surface area contributed by atoms with E-state index < -0.39 is 0 Å². The van der Waals surface area contributed by atoms with Crippen LogP contribution >= 0.6 is 11.8 Å². The summed E-state index contributed by atoms with van der Waals surface area (Å²) < 4.78 is 12.9. The maximum atomic E-state index is 12.9. The minimum Gasteiger partial charge on any atom is -0.397 e. The normalized spacial score (nSPS) is 12.5. The largest absolute Gasteiger partial charge is 0.397 e. The second-order valence-electron chi connectivity index (χ2n) is 3.94. The second kappa shape index (κ2) is 5.99. The van der Waals surface area contributed by atoms with Gasteiger partial charge in [-0.3, -0.25) is 0 Å². The van der Waals surface area contributed by atoms with Gasteiger partial charge in [0.25, 0.3) is 0 Å². The first-order valence-corrected chi connectivity index (χ1v) is 6.72. The van der Waals surface area contributed by atoms with Crippen LogP contribution in [-0.2, 0) is 0 Å². The van der Waals surface area contributed by atoms with E-state index in [1.165, 1.54) is 12.1 Å². The van der Waals surface area contributed by atoms with Crippen molar-refractivity contribution in [2.24, 2.45) is 0 Å². The van der Waals surface area contributed by atoms with Crippen molar-refractivity contribution >= 4 is 23.1 Å². The number of anilines is 2. The summed E-state index contributed by atoms with van der Waals surface area (Å²) in [6, 6.07) is 4.96. The minimum atomic E-state index is -0.286. The Kier molecular flexibility index (Phi) is 4.93. The van der Waals surface area contributed by atoms with Crippen LogP contribution in [0.2, 0.25) is 0 Å². The molecule has 0 amide bonds. The maximum Gasteiger partial charge on any atom is 0.125 e. The van der Waals surface area contributed by atoms with E-state index in [1.54, 1.807) is 6.07 Å². The molecule has 90 valence electrons. The number of nitrogen functional groups attached to an aromatic ring is 1. The van der Waals surface area contributed by atoms with Crippen LogP contribution in [0.3, 0.4) is 0 Å². The average Bonchev–Trinajstić information content (AvgIpc) is 2.25.